The van der Waals surface area contributed by atoms with E-state index < -0.39 is 0 Å². The van der Waals surface area contributed by atoms with Gasteiger partial charge in [-0.25, -0.2) is 4.98 Å². The first-order chi connectivity index (χ1) is 13.9. The summed E-state index contributed by atoms with van der Waals surface area (Å²) in [5.41, 5.74) is 4.13. The van der Waals surface area contributed by atoms with E-state index in [4.69, 9.17) is 4.98 Å². The maximum Gasteiger partial charge on any atom is 0.260 e. The minimum atomic E-state index is 0. The van der Waals surface area contributed by atoms with Gasteiger partial charge in [0.1, 0.15) is 0 Å². The number of aryl methyl sites for hydroxylation is 2. The number of fused-ring (bicyclic) bond motifs is 1. The highest BCUT2D eigenvalue weighted by Gasteiger charge is 2.22. The van der Waals surface area contributed by atoms with Crippen molar-refractivity contribution in [2.75, 3.05) is 37.8 Å². The number of rotatable bonds is 8. The van der Waals surface area contributed by atoms with Crippen LogP contribution in [0.5, 0.6) is 0 Å². The quantitative estimate of drug-likeness (QED) is 0.381. The van der Waals surface area contributed by atoms with Crippen LogP contribution in [-0.2, 0) is 0 Å². The molecule has 0 fully saturated rings. The van der Waals surface area contributed by atoms with Crippen LogP contribution in [0.2, 0.25) is 0 Å². The number of aromatic nitrogens is 1. The van der Waals surface area contributed by atoms with Crippen molar-refractivity contribution in [3.63, 3.8) is 0 Å². The van der Waals surface area contributed by atoms with E-state index in [1.54, 1.807) is 23.1 Å². The molecule has 0 N–H and O–H groups in total. The number of nitrogens with zero attached hydrogens (tertiary/aromatic N) is 3. The fourth-order valence-electron chi connectivity index (χ4n) is 3.18. The van der Waals surface area contributed by atoms with Crippen LogP contribution in [0.25, 0.3) is 10.2 Å². The first-order valence-electron chi connectivity index (χ1n) is 9.97. The molecule has 0 unspecified atom stereocenters. The van der Waals surface area contributed by atoms with Crippen LogP contribution in [0, 0.1) is 13.8 Å². The second-order valence-electron chi connectivity index (χ2n) is 7.42. The lowest BCUT2D eigenvalue weighted by Crippen LogP contribution is -2.33. The Hall–Kier alpha value is -1.60. The van der Waals surface area contributed by atoms with Crippen LogP contribution >= 0.6 is 35.5 Å². The summed E-state index contributed by atoms with van der Waals surface area (Å²) in [6.07, 6.45) is 0.899. The van der Waals surface area contributed by atoms with Crippen LogP contribution in [0.1, 0.15) is 34.8 Å². The molecule has 3 aromatic rings. The van der Waals surface area contributed by atoms with E-state index in [2.05, 4.69) is 51.9 Å². The maximum atomic E-state index is 13.4. The van der Waals surface area contributed by atoms with Crippen LogP contribution in [-0.4, -0.2) is 48.7 Å². The van der Waals surface area contributed by atoms with Gasteiger partial charge in [0.25, 0.3) is 5.91 Å². The molecule has 4 nitrogen and oxygen atoms in total. The van der Waals surface area contributed by atoms with Crippen molar-refractivity contribution >= 4 is 56.8 Å². The van der Waals surface area contributed by atoms with E-state index in [9.17, 15) is 4.79 Å². The summed E-state index contributed by atoms with van der Waals surface area (Å²) in [6.45, 7) is 7.92. The average molecular weight is 464 g/mol. The molecule has 7 heteroatoms. The summed E-state index contributed by atoms with van der Waals surface area (Å²) in [7, 11) is 4.11. The molecule has 0 atom stereocenters. The van der Waals surface area contributed by atoms with E-state index >= 15 is 0 Å². The normalized spacial score (nSPS) is 11.0. The van der Waals surface area contributed by atoms with Gasteiger partial charge in [0.2, 0.25) is 0 Å². The predicted molar refractivity (Wildman–Crippen MR) is 134 cm³/mol. The van der Waals surface area contributed by atoms with Gasteiger partial charge >= 0.3 is 0 Å². The van der Waals surface area contributed by atoms with Crippen LogP contribution in [0.3, 0.4) is 0 Å². The van der Waals surface area contributed by atoms with Crippen LogP contribution in [0.4, 0.5) is 5.13 Å². The number of anilines is 1. The lowest BCUT2D eigenvalue weighted by atomic mass is 10.1. The van der Waals surface area contributed by atoms with Gasteiger partial charge in [-0.2, -0.15) is 0 Å². The maximum absolute atomic E-state index is 13.4. The lowest BCUT2D eigenvalue weighted by molar-refractivity contribution is 0.0986. The number of benzene rings is 2. The van der Waals surface area contributed by atoms with Gasteiger partial charge in [0.15, 0.2) is 5.13 Å². The largest absolute Gasteiger partial charge is 0.309 e. The molecule has 0 spiro atoms. The Morgan fingerprint density at radius 2 is 1.77 bits per heavy atom. The zero-order valence-electron chi connectivity index (χ0n) is 18.3. The molecular formula is C23H30ClN3OS2. The highest BCUT2D eigenvalue weighted by atomic mass is 35.5. The lowest BCUT2D eigenvalue weighted by Gasteiger charge is -2.21. The highest BCUT2D eigenvalue weighted by Crippen LogP contribution is 2.33. The van der Waals surface area contributed by atoms with Gasteiger partial charge in [-0.05, 0) is 88.1 Å². The molecule has 2 aromatic carbocycles. The molecule has 0 bridgehead atoms. The molecule has 0 saturated carbocycles. The van der Waals surface area contributed by atoms with Gasteiger partial charge < -0.3 is 4.90 Å². The molecule has 0 radical (unpaired) electrons. The average Bonchev–Trinajstić information content (AvgIpc) is 3.13. The topological polar surface area (TPSA) is 36.4 Å². The van der Waals surface area contributed by atoms with E-state index in [0.29, 0.717) is 12.1 Å². The Morgan fingerprint density at radius 1 is 1.07 bits per heavy atom. The molecule has 0 aliphatic carbocycles. The molecule has 1 amide bonds. The van der Waals surface area contributed by atoms with Crippen molar-refractivity contribution in [1.29, 1.82) is 0 Å². The molecule has 0 aliphatic rings. The molecule has 1 aromatic heterocycles. The third-order valence-electron chi connectivity index (χ3n) is 4.95. The van der Waals surface area contributed by atoms with E-state index in [-0.39, 0.29) is 18.3 Å². The summed E-state index contributed by atoms with van der Waals surface area (Å²) in [4.78, 5) is 23.4. The number of amides is 1. The molecular weight excluding hydrogens is 434 g/mol. The zero-order valence-corrected chi connectivity index (χ0v) is 20.7. The number of carbonyl (C=O) groups excluding carboxylic acids is 1. The van der Waals surface area contributed by atoms with Crippen LogP contribution in [0.15, 0.2) is 41.3 Å². The minimum Gasteiger partial charge on any atom is -0.309 e. The monoisotopic (exact) mass is 463 g/mol. The fraction of sp³-hybridized carbons (Fsp3) is 0.391. The standard InChI is InChI=1S/C23H29N3OS2.ClH/c1-6-28-19-11-9-18(10-12-19)22(27)26(15-7-14-25(4)5)23-24-21-17(3)16(2)8-13-20(21)29-23;/h8-13H,6-7,14-15H2,1-5H3;1H. The highest BCUT2D eigenvalue weighted by molar-refractivity contribution is 7.99. The third-order valence-corrected chi connectivity index (χ3v) is 6.89. The smallest absolute Gasteiger partial charge is 0.260 e. The van der Waals surface area contributed by atoms with Gasteiger partial charge in [-0.15, -0.1) is 24.2 Å². The zero-order chi connectivity index (χ0) is 21.0. The van der Waals surface area contributed by atoms with E-state index in [0.717, 1.165) is 34.1 Å². The van der Waals surface area contributed by atoms with Gasteiger partial charge in [0, 0.05) is 17.0 Å². The summed E-state index contributed by atoms with van der Waals surface area (Å²) in [5.74, 6) is 1.04. The Bertz CT molecular complexity index is 986. The number of thioether (sulfide) groups is 1. The van der Waals surface area contributed by atoms with E-state index in [1.165, 1.54) is 16.0 Å². The molecule has 1 heterocycles. The number of hydrogen-bond donors (Lipinski definition) is 0. The Kier molecular flexibility index (Phi) is 9.16. The van der Waals surface area contributed by atoms with Crippen molar-refractivity contribution in [3.05, 3.63) is 53.1 Å². The van der Waals surface area contributed by atoms with Crippen molar-refractivity contribution in [2.24, 2.45) is 0 Å². The van der Waals surface area contributed by atoms with Crippen molar-refractivity contribution in [2.45, 2.75) is 32.1 Å². The fourth-order valence-corrected chi connectivity index (χ4v) is 4.89. The van der Waals surface area contributed by atoms with Crippen molar-refractivity contribution in [1.82, 2.24) is 9.88 Å². The van der Waals surface area contributed by atoms with Gasteiger partial charge in [-0.1, -0.05) is 24.3 Å². The number of thiazole rings is 1. The number of carbonyl (C=O) groups is 1. The molecule has 30 heavy (non-hydrogen) atoms. The molecule has 0 saturated heterocycles. The number of hydrogen-bond acceptors (Lipinski definition) is 5. The third kappa shape index (κ3) is 5.76. The molecule has 162 valence electrons. The van der Waals surface area contributed by atoms with E-state index in [1.807, 2.05) is 29.2 Å². The summed E-state index contributed by atoms with van der Waals surface area (Å²) < 4.78 is 1.13. The molecule has 3 rings (SSSR count). The Labute approximate surface area is 194 Å². The van der Waals surface area contributed by atoms with Crippen LogP contribution < -0.4 is 4.90 Å². The Balaban J connectivity index is 0.00000320. The first kappa shape index (κ1) is 24.7. The summed E-state index contributed by atoms with van der Waals surface area (Å²) in [5, 5.41) is 0.782. The SMILES string of the molecule is CCSc1ccc(C(=O)N(CCCN(C)C)c2nc3c(C)c(C)ccc3s2)cc1.Cl. The summed E-state index contributed by atoms with van der Waals surface area (Å²) >= 11 is 3.38. The number of halogens is 1. The Morgan fingerprint density at radius 3 is 2.40 bits per heavy atom. The second-order valence-corrected chi connectivity index (χ2v) is 9.77. The predicted octanol–water partition coefficient (Wildman–Crippen LogP) is 6.05. The summed E-state index contributed by atoms with van der Waals surface area (Å²) in [6, 6.07) is 12.2. The van der Waals surface area contributed by atoms with Gasteiger partial charge in [0.05, 0.1) is 10.2 Å². The minimum absolute atomic E-state index is 0. The van der Waals surface area contributed by atoms with Crippen molar-refractivity contribution in [3.8, 4) is 0 Å². The molecule has 0 aliphatic heterocycles. The second kappa shape index (κ2) is 11.1. The first-order valence-corrected chi connectivity index (χ1v) is 11.8. The van der Waals surface area contributed by atoms with Gasteiger partial charge in [-0.3, -0.25) is 9.69 Å². The van der Waals surface area contributed by atoms with Crippen molar-refractivity contribution < 1.29 is 4.79 Å².